The molecule has 0 atom stereocenters. The molecule has 1 fully saturated rings. The third kappa shape index (κ3) is 4.61. The van der Waals surface area contributed by atoms with E-state index in [1.807, 2.05) is 12.1 Å². The van der Waals surface area contributed by atoms with Crippen molar-refractivity contribution in [2.75, 3.05) is 32.4 Å². The second-order valence-corrected chi connectivity index (χ2v) is 6.81. The molecule has 0 radical (unpaired) electrons. The molecule has 23 heavy (non-hydrogen) atoms. The average molecular weight is 332 g/mol. The number of rotatable bonds is 6. The minimum Gasteiger partial charge on any atom is -0.462 e. The Kier molecular flexibility index (Phi) is 5.78. The molecule has 0 unspecified atom stereocenters. The summed E-state index contributed by atoms with van der Waals surface area (Å²) in [6.07, 6.45) is 2.11. The third-order valence-corrected chi connectivity index (χ3v) is 5.03. The van der Waals surface area contributed by atoms with Gasteiger partial charge in [-0.15, -0.1) is 11.8 Å². The number of nitrogens with zero attached hydrogens (tertiary/aromatic N) is 2. The van der Waals surface area contributed by atoms with Crippen molar-refractivity contribution < 1.29 is 9.52 Å². The number of aliphatic hydroxyl groups is 1. The van der Waals surface area contributed by atoms with E-state index in [0.29, 0.717) is 5.76 Å². The van der Waals surface area contributed by atoms with Crippen molar-refractivity contribution in [1.29, 1.82) is 0 Å². The molecular formula is C18H24N2O2S. The minimum atomic E-state index is -0.0247. The standard InChI is InChI=1S/C18H24N2O2S/c1-23-18-6-2-15(3-7-18)12-19-8-10-20(11-9-19)13-16-4-5-17(14-21)22-16/h2-7,21H,8-14H2,1H3. The van der Waals surface area contributed by atoms with Crippen molar-refractivity contribution in [3.05, 3.63) is 53.5 Å². The second kappa shape index (κ2) is 8.02. The van der Waals surface area contributed by atoms with E-state index in [0.717, 1.165) is 45.0 Å². The molecule has 1 aromatic heterocycles. The molecule has 1 N–H and O–H groups in total. The Hall–Kier alpha value is -1.27. The number of thioether (sulfide) groups is 1. The van der Waals surface area contributed by atoms with Gasteiger partial charge < -0.3 is 9.52 Å². The molecule has 2 heterocycles. The van der Waals surface area contributed by atoms with Gasteiger partial charge in [0.2, 0.25) is 0 Å². The van der Waals surface area contributed by atoms with E-state index in [1.165, 1.54) is 10.5 Å². The summed E-state index contributed by atoms with van der Waals surface area (Å²) in [4.78, 5) is 6.23. The highest BCUT2D eigenvalue weighted by molar-refractivity contribution is 7.98. The van der Waals surface area contributed by atoms with Crippen LogP contribution < -0.4 is 0 Å². The van der Waals surface area contributed by atoms with Crippen molar-refractivity contribution in [2.24, 2.45) is 0 Å². The van der Waals surface area contributed by atoms with Crippen LogP contribution in [0.25, 0.3) is 0 Å². The monoisotopic (exact) mass is 332 g/mol. The molecular weight excluding hydrogens is 308 g/mol. The van der Waals surface area contributed by atoms with Gasteiger partial charge in [0.1, 0.15) is 18.1 Å². The fourth-order valence-corrected chi connectivity index (χ4v) is 3.32. The lowest BCUT2D eigenvalue weighted by atomic mass is 10.2. The lowest BCUT2D eigenvalue weighted by Gasteiger charge is -2.34. The molecule has 1 aliphatic rings. The van der Waals surface area contributed by atoms with Gasteiger partial charge >= 0.3 is 0 Å². The molecule has 0 amide bonds. The van der Waals surface area contributed by atoms with E-state index in [9.17, 15) is 0 Å². The van der Waals surface area contributed by atoms with Gasteiger partial charge in [0.05, 0.1) is 6.54 Å². The number of piperazine rings is 1. The molecule has 1 aliphatic heterocycles. The predicted octanol–water partition coefficient (Wildman–Crippen LogP) is 2.81. The Morgan fingerprint density at radius 3 is 2.09 bits per heavy atom. The van der Waals surface area contributed by atoms with Gasteiger partial charge in [-0.25, -0.2) is 0 Å². The minimum absolute atomic E-state index is 0.0247. The number of furan rings is 1. The van der Waals surface area contributed by atoms with Crippen LogP contribution in [-0.2, 0) is 19.7 Å². The first-order valence-corrected chi connectivity index (χ1v) is 9.25. The van der Waals surface area contributed by atoms with Gasteiger partial charge in [-0.1, -0.05) is 12.1 Å². The number of hydrogen-bond acceptors (Lipinski definition) is 5. The molecule has 2 aromatic rings. The van der Waals surface area contributed by atoms with Crippen LogP contribution in [0.4, 0.5) is 0 Å². The van der Waals surface area contributed by atoms with Crippen LogP contribution in [0.5, 0.6) is 0 Å². The van der Waals surface area contributed by atoms with E-state index < -0.39 is 0 Å². The van der Waals surface area contributed by atoms with Gasteiger partial charge in [-0.05, 0) is 36.1 Å². The molecule has 0 aliphatic carbocycles. The number of aliphatic hydroxyl groups excluding tert-OH is 1. The molecule has 0 saturated carbocycles. The van der Waals surface area contributed by atoms with Gasteiger partial charge in [-0.2, -0.15) is 0 Å². The van der Waals surface area contributed by atoms with E-state index in [-0.39, 0.29) is 6.61 Å². The Balaban J connectivity index is 1.46. The summed E-state index contributed by atoms with van der Waals surface area (Å²) in [5.74, 6) is 1.59. The number of benzene rings is 1. The molecule has 1 saturated heterocycles. The molecule has 0 bridgehead atoms. The maximum absolute atomic E-state index is 9.05. The SMILES string of the molecule is CSc1ccc(CN2CCN(Cc3ccc(CO)o3)CC2)cc1. The first kappa shape index (κ1) is 16.6. The first-order chi connectivity index (χ1) is 11.3. The van der Waals surface area contributed by atoms with E-state index in [2.05, 4.69) is 40.3 Å². The molecule has 3 rings (SSSR count). The van der Waals surface area contributed by atoms with Gasteiger partial charge in [0.15, 0.2) is 0 Å². The smallest absolute Gasteiger partial charge is 0.129 e. The van der Waals surface area contributed by atoms with Gasteiger partial charge in [0, 0.05) is 37.6 Å². The van der Waals surface area contributed by atoms with Crippen LogP contribution in [0, 0.1) is 0 Å². The Bertz CT molecular complexity index is 604. The van der Waals surface area contributed by atoms with Gasteiger partial charge in [-0.3, -0.25) is 9.80 Å². The highest BCUT2D eigenvalue weighted by Crippen LogP contribution is 2.17. The molecule has 1 aromatic carbocycles. The molecule has 5 heteroatoms. The van der Waals surface area contributed by atoms with Crippen LogP contribution in [0.15, 0.2) is 45.7 Å². The fourth-order valence-electron chi connectivity index (χ4n) is 2.91. The van der Waals surface area contributed by atoms with E-state index in [1.54, 1.807) is 11.8 Å². The zero-order valence-electron chi connectivity index (χ0n) is 13.6. The van der Waals surface area contributed by atoms with Crippen LogP contribution >= 0.6 is 11.8 Å². The summed E-state index contributed by atoms with van der Waals surface area (Å²) >= 11 is 1.78. The lowest BCUT2D eigenvalue weighted by Crippen LogP contribution is -2.45. The van der Waals surface area contributed by atoms with Crippen LogP contribution in [-0.4, -0.2) is 47.3 Å². The molecule has 0 spiro atoms. The zero-order chi connectivity index (χ0) is 16.1. The summed E-state index contributed by atoms with van der Waals surface area (Å²) in [6.45, 7) is 6.10. The predicted molar refractivity (Wildman–Crippen MR) is 93.4 cm³/mol. The Morgan fingerprint density at radius 2 is 1.52 bits per heavy atom. The normalized spacial score (nSPS) is 16.8. The highest BCUT2D eigenvalue weighted by atomic mass is 32.2. The van der Waals surface area contributed by atoms with Crippen molar-refractivity contribution in [3.8, 4) is 0 Å². The van der Waals surface area contributed by atoms with Crippen molar-refractivity contribution >= 4 is 11.8 Å². The third-order valence-electron chi connectivity index (χ3n) is 4.28. The van der Waals surface area contributed by atoms with Crippen LogP contribution in [0.3, 0.4) is 0 Å². The fraction of sp³-hybridized carbons (Fsp3) is 0.444. The lowest BCUT2D eigenvalue weighted by molar-refractivity contribution is 0.114. The Morgan fingerprint density at radius 1 is 0.913 bits per heavy atom. The van der Waals surface area contributed by atoms with Crippen molar-refractivity contribution in [3.63, 3.8) is 0 Å². The topological polar surface area (TPSA) is 39.9 Å². The molecule has 4 nitrogen and oxygen atoms in total. The van der Waals surface area contributed by atoms with E-state index in [4.69, 9.17) is 9.52 Å². The first-order valence-electron chi connectivity index (χ1n) is 8.03. The van der Waals surface area contributed by atoms with E-state index >= 15 is 0 Å². The largest absolute Gasteiger partial charge is 0.462 e. The molecule has 124 valence electrons. The Labute approximate surface area is 142 Å². The summed E-state index contributed by atoms with van der Waals surface area (Å²) in [6, 6.07) is 12.7. The summed E-state index contributed by atoms with van der Waals surface area (Å²) in [5, 5.41) is 9.05. The quantitative estimate of drug-likeness (QED) is 0.824. The summed E-state index contributed by atoms with van der Waals surface area (Å²) < 4.78 is 5.57. The summed E-state index contributed by atoms with van der Waals surface area (Å²) in [5.41, 5.74) is 1.38. The summed E-state index contributed by atoms with van der Waals surface area (Å²) in [7, 11) is 0. The van der Waals surface area contributed by atoms with Crippen LogP contribution in [0.1, 0.15) is 17.1 Å². The number of hydrogen-bond donors (Lipinski definition) is 1. The zero-order valence-corrected chi connectivity index (χ0v) is 14.4. The van der Waals surface area contributed by atoms with Gasteiger partial charge in [0.25, 0.3) is 0 Å². The highest BCUT2D eigenvalue weighted by Gasteiger charge is 2.18. The van der Waals surface area contributed by atoms with Crippen molar-refractivity contribution in [1.82, 2.24) is 9.80 Å². The maximum Gasteiger partial charge on any atom is 0.129 e. The maximum atomic E-state index is 9.05. The van der Waals surface area contributed by atoms with Crippen LogP contribution in [0.2, 0.25) is 0 Å². The average Bonchev–Trinajstić information content (AvgIpc) is 3.05. The van der Waals surface area contributed by atoms with Crippen molar-refractivity contribution in [2.45, 2.75) is 24.6 Å². The second-order valence-electron chi connectivity index (χ2n) is 5.93.